The molecule has 0 aliphatic rings. The monoisotopic (exact) mass is 267 g/mol. The van der Waals surface area contributed by atoms with Crippen LogP contribution in [0.1, 0.15) is 18.8 Å². The van der Waals surface area contributed by atoms with Gasteiger partial charge in [-0.3, -0.25) is 0 Å². The molecule has 1 aromatic heterocycles. The summed E-state index contributed by atoms with van der Waals surface area (Å²) in [5, 5.41) is 9.55. The van der Waals surface area contributed by atoms with E-state index in [1.54, 1.807) is 31.5 Å². The maximum atomic E-state index is 12.0. The Morgan fingerprint density at radius 2 is 2.11 bits per heavy atom. The first-order valence-electron chi connectivity index (χ1n) is 5.30. The van der Waals surface area contributed by atoms with Crippen LogP contribution in [0.3, 0.4) is 0 Å². The van der Waals surface area contributed by atoms with Crippen molar-refractivity contribution in [1.82, 2.24) is 14.7 Å². The van der Waals surface area contributed by atoms with Crippen LogP contribution in [-0.2, 0) is 10.0 Å². The Bertz CT molecular complexity index is 623. The van der Waals surface area contributed by atoms with Crippen molar-refractivity contribution in [3.63, 3.8) is 0 Å². The Kier molecular flexibility index (Phi) is 3.35. The summed E-state index contributed by atoms with van der Waals surface area (Å²) in [6, 6.07) is 5.26. The van der Waals surface area contributed by atoms with Crippen molar-refractivity contribution < 1.29 is 13.5 Å². The van der Waals surface area contributed by atoms with E-state index in [-0.39, 0.29) is 10.6 Å². The molecule has 1 atom stereocenters. The van der Waals surface area contributed by atoms with Crippen molar-refractivity contribution in [3.8, 4) is 5.75 Å². The smallest absolute Gasteiger partial charge is 0.244 e. The van der Waals surface area contributed by atoms with E-state index in [4.69, 9.17) is 0 Å². The van der Waals surface area contributed by atoms with Crippen molar-refractivity contribution in [2.24, 2.45) is 0 Å². The Morgan fingerprint density at radius 1 is 1.39 bits per heavy atom. The minimum absolute atomic E-state index is 0.150. The number of hydrogen-bond acceptors (Lipinski definition) is 4. The number of phenolic OH excluding ortho intramolecular Hbond substituents is 1. The molecule has 0 spiro atoms. The van der Waals surface area contributed by atoms with Gasteiger partial charge in [0, 0.05) is 12.4 Å². The van der Waals surface area contributed by atoms with Crippen LogP contribution in [0.5, 0.6) is 5.75 Å². The largest absolute Gasteiger partial charge is 0.507 e. The molecule has 0 aliphatic heterocycles. The Balaban J connectivity index is 2.26. The van der Waals surface area contributed by atoms with Crippen molar-refractivity contribution in [3.05, 3.63) is 42.5 Å². The van der Waals surface area contributed by atoms with E-state index >= 15 is 0 Å². The maximum absolute atomic E-state index is 12.0. The fraction of sp³-hybridized carbons (Fsp3) is 0.182. The third-order valence-corrected chi connectivity index (χ3v) is 4.00. The number of sulfonamides is 1. The molecule has 2 aromatic rings. The number of rotatable bonds is 4. The molecule has 6 nitrogen and oxygen atoms in total. The second kappa shape index (κ2) is 4.79. The highest BCUT2D eigenvalue weighted by Gasteiger charge is 2.22. The molecule has 0 saturated heterocycles. The average Bonchev–Trinajstić information content (AvgIpc) is 2.82. The highest BCUT2D eigenvalue weighted by molar-refractivity contribution is 7.89. The number of para-hydroxylation sites is 1. The lowest BCUT2D eigenvalue weighted by Crippen LogP contribution is -2.27. The van der Waals surface area contributed by atoms with Gasteiger partial charge in [-0.25, -0.2) is 18.1 Å². The molecule has 96 valence electrons. The maximum Gasteiger partial charge on any atom is 0.244 e. The van der Waals surface area contributed by atoms with Crippen molar-refractivity contribution >= 4 is 10.0 Å². The standard InChI is InChI=1S/C11H13N3O3S/c1-8(11-12-6-7-13-11)14-18(16,17)10-5-3-2-4-9(10)15/h2-8,14-15H,1H3,(H,12,13). The molecule has 1 heterocycles. The summed E-state index contributed by atoms with van der Waals surface area (Å²) in [5.41, 5.74) is 0. The molecule has 2 rings (SSSR count). The zero-order chi connectivity index (χ0) is 13.2. The Morgan fingerprint density at radius 3 is 2.72 bits per heavy atom. The molecule has 0 fully saturated rings. The van der Waals surface area contributed by atoms with Crippen LogP contribution >= 0.6 is 0 Å². The van der Waals surface area contributed by atoms with Gasteiger partial charge in [0.05, 0.1) is 6.04 Å². The summed E-state index contributed by atoms with van der Waals surface area (Å²) < 4.78 is 26.5. The van der Waals surface area contributed by atoms with E-state index in [2.05, 4.69) is 14.7 Å². The molecule has 0 radical (unpaired) electrons. The zero-order valence-corrected chi connectivity index (χ0v) is 10.5. The number of nitrogens with zero attached hydrogens (tertiary/aromatic N) is 1. The number of benzene rings is 1. The Hall–Kier alpha value is -1.86. The van der Waals surface area contributed by atoms with Gasteiger partial charge in [0.25, 0.3) is 0 Å². The van der Waals surface area contributed by atoms with E-state index in [1.807, 2.05) is 0 Å². The molecule has 18 heavy (non-hydrogen) atoms. The molecular weight excluding hydrogens is 254 g/mol. The van der Waals surface area contributed by atoms with Crippen LogP contribution in [-0.4, -0.2) is 23.5 Å². The number of hydrogen-bond donors (Lipinski definition) is 3. The first-order chi connectivity index (χ1) is 8.50. The minimum atomic E-state index is -3.78. The first kappa shape index (κ1) is 12.6. The van der Waals surface area contributed by atoms with Crippen LogP contribution in [0.4, 0.5) is 0 Å². The quantitative estimate of drug-likeness (QED) is 0.774. The normalized spacial score (nSPS) is 13.4. The molecule has 0 bridgehead atoms. The van der Waals surface area contributed by atoms with Crippen LogP contribution in [0.2, 0.25) is 0 Å². The van der Waals surface area contributed by atoms with Crippen molar-refractivity contribution in [2.45, 2.75) is 17.9 Å². The summed E-state index contributed by atoms with van der Waals surface area (Å²) in [6.45, 7) is 1.66. The number of H-pyrrole nitrogens is 1. The predicted octanol–water partition coefficient (Wildman–Crippen LogP) is 1.15. The van der Waals surface area contributed by atoms with Gasteiger partial charge in [0.15, 0.2) is 0 Å². The lowest BCUT2D eigenvalue weighted by atomic mass is 10.3. The van der Waals surface area contributed by atoms with Gasteiger partial charge in [-0.2, -0.15) is 0 Å². The Labute approximate surface area is 105 Å². The molecular formula is C11H13N3O3S. The lowest BCUT2D eigenvalue weighted by molar-refractivity contribution is 0.457. The fourth-order valence-electron chi connectivity index (χ4n) is 1.55. The molecule has 3 N–H and O–H groups in total. The number of phenols is 1. The van der Waals surface area contributed by atoms with E-state index in [0.29, 0.717) is 5.82 Å². The summed E-state index contributed by atoms with van der Waals surface area (Å²) in [5.74, 6) is 0.227. The van der Waals surface area contributed by atoms with Crippen molar-refractivity contribution in [1.29, 1.82) is 0 Å². The summed E-state index contributed by atoms with van der Waals surface area (Å²) in [4.78, 5) is 6.65. The minimum Gasteiger partial charge on any atom is -0.507 e. The van der Waals surface area contributed by atoms with Crippen LogP contribution in [0.25, 0.3) is 0 Å². The summed E-state index contributed by atoms with van der Waals surface area (Å²) in [7, 11) is -3.78. The van der Waals surface area contributed by atoms with Gasteiger partial charge in [-0.1, -0.05) is 12.1 Å². The van der Waals surface area contributed by atoms with Gasteiger partial charge in [-0.05, 0) is 19.1 Å². The van der Waals surface area contributed by atoms with Gasteiger partial charge in [0.1, 0.15) is 16.5 Å². The molecule has 7 heteroatoms. The topological polar surface area (TPSA) is 95.1 Å². The second-order valence-electron chi connectivity index (χ2n) is 3.79. The second-order valence-corrected chi connectivity index (χ2v) is 5.47. The van der Waals surface area contributed by atoms with E-state index in [1.165, 1.54) is 12.1 Å². The molecule has 1 aromatic carbocycles. The number of nitrogens with one attached hydrogen (secondary N) is 2. The SMILES string of the molecule is CC(NS(=O)(=O)c1ccccc1O)c1ncc[nH]1. The van der Waals surface area contributed by atoms with E-state index in [9.17, 15) is 13.5 Å². The summed E-state index contributed by atoms with van der Waals surface area (Å²) in [6.07, 6.45) is 3.15. The van der Waals surface area contributed by atoms with Gasteiger partial charge in [-0.15, -0.1) is 0 Å². The lowest BCUT2D eigenvalue weighted by Gasteiger charge is -2.12. The third kappa shape index (κ3) is 2.52. The highest BCUT2D eigenvalue weighted by Crippen LogP contribution is 2.22. The van der Waals surface area contributed by atoms with Gasteiger partial charge >= 0.3 is 0 Å². The number of aromatic nitrogens is 2. The van der Waals surface area contributed by atoms with Gasteiger partial charge < -0.3 is 10.1 Å². The molecule has 0 amide bonds. The predicted molar refractivity (Wildman–Crippen MR) is 65.4 cm³/mol. The number of imidazole rings is 1. The van der Waals surface area contributed by atoms with Crippen LogP contribution in [0.15, 0.2) is 41.6 Å². The van der Waals surface area contributed by atoms with E-state index < -0.39 is 16.1 Å². The number of aromatic amines is 1. The fourth-order valence-corrected chi connectivity index (χ4v) is 2.86. The molecule has 1 unspecified atom stereocenters. The van der Waals surface area contributed by atoms with Crippen LogP contribution < -0.4 is 4.72 Å². The van der Waals surface area contributed by atoms with Crippen molar-refractivity contribution in [2.75, 3.05) is 0 Å². The average molecular weight is 267 g/mol. The zero-order valence-electron chi connectivity index (χ0n) is 9.66. The highest BCUT2D eigenvalue weighted by atomic mass is 32.2. The first-order valence-corrected chi connectivity index (χ1v) is 6.78. The molecule has 0 aliphatic carbocycles. The van der Waals surface area contributed by atoms with Gasteiger partial charge in [0.2, 0.25) is 10.0 Å². The molecule has 0 saturated carbocycles. The van der Waals surface area contributed by atoms with Crippen LogP contribution in [0, 0.1) is 0 Å². The third-order valence-electron chi connectivity index (χ3n) is 2.42. The van der Waals surface area contributed by atoms with E-state index in [0.717, 1.165) is 0 Å². The summed E-state index contributed by atoms with van der Waals surface area (Å²) >= 11 is 0. The number of aromatic hydroxyl groups is 1.